The SMILES string of the molecule is C=CCc1cc(/C=C2\SC(=NC)N(C)C2=O)cc(Br)c1OCc1ccccc1. The number of hydrogen-bond donors (Lipinski definition) is 0. The Balaban J connectivity index is 1.89. The lowest BCUT2D eigenvalue weighted by Crippen LogP contribution is -2.23. The Morgan fingerprint density at radius 2 is 2.04 bits per heavy atom. The minimum absolute atomic E-state index is 0.0450. The molecule has 28 heavy (non-hydrogen) atoms. The molecule has 3 rings (SSSR count). The fraction of sp³-hybridized carbons (Fsp3) is 0.182. The van der Waals surface area contributed by atoms with Gasteiger partial charge in [-0.25, -0.2) is 0 Å². The molecule has 0 aliphatic carbocycles. The Morgan fingerprint density at radius 3 is 2.68 bits per heavy atom. The summed E-state index contributed by atoms with van der Waals surface area (Å²) in [6.45, 7) is 4.34. The number of likely N-dealkylation sites (N-methyl/N-ethyl adjacent to an activating group) is 1. The molecule has 6 heteroatoms. The van der Waals surface area contributed by atoms with Gasteiger partial charge in [0.1, 0.15) is 12.4 Å². The van der Waals surface area contributed by atoms with Gasteiger partial charge in [0.15, 0.2) is 5.17 Å². The number of rotatable bonds is 6. The van der Waals surface area contributed by atoms with Crippen LogP contribution in [0.2, 0.25) is 0 Å². The van der Waals surface area contributed by atoms with Crippen molar-refractivity contribution >= 4 is 44.8 Å². The van der Waals surface area contributed by atoms with Gasteiger partial charge in [0.2, 0.25) is 0 Å². The van der Waals surface area contributed by atoms with Crippen molar-refractivity contribution in [2.24, 2.45) is 4.99 Å². The van der Waals surface area contributed by atoms with Gasteiger partial charge in [0.25, 0.3) is 5.91 Å². The van der Waals surface area contributed by atoms with E-state index in [4.69, 9.17) is 4.74 Å². The molecule has 0 spiro atoms. The van der Waals surface area contributed by atoms with Crippen molar-refractivity contribution in [1.29, 1.82) is 0 Å². The van der Waals surface area contributed by atoms with Crippen LogP contribution in [0, 0.1) is 0 Å². The Hall–Kier alpha value is -2.31. The second-order valence-electron chi connectivity index (χ2n) is 6.24. The predicted octanol–water partition coefficient (Wildman–Crippen LogP) is 5.29. The van der Waals surface area contributed by atoms with E-state index >= 15 is 0 Å². The zero-order valence-electron chi connectivity index (χ0n) is 15.8. The Bertz CT molecular complexity index is 955. The third kappa shape index (κ3) is 4.56. The van der Waals surface area contributed by atoms with Crippen LogP contribution in [-0.4, -0.2) is 30.1 Å². The van der Waals surface area contributed by atoms with E-state index in [0.717, 1.165) is 26.9 Å². The number of hydrogen-bond acceptors (Lipinski definition) is 4. The van der Waals surface area contributed by atoms with E-state index in [9.17, 15) is 4.79 Å². The number of amides is 1. The molecule has 1 saturated heterocycles. The average molecular weight is 457 g/mol. The van der Waals surface area contributed by atoms with Gasteiger partial charge in [-0.3, -0.25) is 14.7 Å². The quantitative estimate of drug-likeness (QED) is 0.438. The summed E-state index contributed by atoms with van der Waals surface area (Å²) in [6.07, 6.45) is 4.40. The minimum atomic E-state index is -0.0450. The van der Waals surface area contributed by atoms with E-state index in [1.54, 1.807) is 19.0 Å². The van der Waals surface area contributed by atoms with Crippen LogP contribution in [0.4, 0.5) is 0 Å². The number of ether oxygens (including phenoxy) is 1. The zero-order chi connectivity index (χ0) is 20.1. The molecule has 0 bridgehead atoms. The Kier molecular flexibility index (Phi) is 6.75. The second-order valence-corrected chi connectivity index (χ2v) is 8.10. The van der Waals surface area contributed by atoms with Gasteiger partial charge in [-0.05, 0) is 69.0 Å². The smallest absolute Gasteiger partial charge is 0.266 e. The highest BCUT2D eigenvalue weighted by Gasteiger charge is 2.29. The first-order valence-electron chi connectivity index (χ1n) is 8.78. The first-order valence-corrected chi connectivity index (χ1v) is 10.4. The van der Waals surface area contributed by atoms with Crippen LogP contribution in [0.5, 0.6) is 5.75 Å². The van der Waals surface area contributed by atoms with Gasteiger partial charge in [-0.1, -0.05) is 36.4 Å². The molecule has 1 aliphatic rings. The Morgan fingerprint density at radius 1 is 1.29 bits per heavy atom. The van der Waals surface area contributed by atoms with Crippen LogP contribution in [0.1, 0.15) is 16.7 Å². The first kappa shape index (κ1) is 20.4. The lowest BCUT2D eigenvalue weighted by molar-refractivity contribution is -0.121. The average Bonchev–Trinajstić information content (AvgIpc) is 2.96. The maximum atomic E-state index is 12.4. The fourth-order valence-electron chi connectivity index (χ4n) is 2.86. The summed E-state index contributed by atoms with van der Waals surface area (Å²) in [5, 5.41) is 0.699. The number of amidine groups is 1. The molecule has 1 heterocycles. The summed E-state index contributed by atoms with van der Waals surface area (Å²) in [7, 11) is 3.42. The monoisotopic (exact) mass is 456 g/mol. The maximum Gasteiger partial charge on any atom is 0.266 e. The molecular weight excluding hydrogens is 436 g/mol. The summed E-state index contributed by atoms with van der Waals surface area (Å²) >= 11 is 5.01. The molecule has 0 atom stereocenters. The summed E-state index contributed by atoms with van der Waals surface area (Å²) in [4.78, 5) is 18.8. The molecular formula is C22H21BrN2O2S. The molecule has 0 unspecified atom stereocenters. The molecule has 2 aromatic rings. The third-order valence-electron chi connectivity index (χ3n) is 4.23. The van der Waals surface area contributed by atoms with Crippen molar-refractivity contribution in [3.05, 3.63) is 81.2 Å². The molecule has 144 valence electrons. The lowest BCUT2D eigenvalue weighted by atomic mass is 10.1. The normalized spacial score (nSPS) is 16.8. The molecule has 1 amide bonds. The second kappa shape index (κ2) is 9.26. The van der Waals surface area contributed by atoms with Crippen LogP contribution in [0.3, 0.4) is 0 Å². The van der Waals surface area contributed by atoms with E-state index in [2.05, 4.69) is 27.5 Å². The number of carbonyl (C=O) groups excluding carboxylic acids is 1. The number of benzene rings is 2. The molecule has 0 aromatic heterocycles. The highest BCUT2D eigenvalue weighted by Crippen LogP contribution is 2.36. The molecule has 2 aromatic carbocycles. The van der Waals surface area contributed by atoms with Gasteiger partial charge >= 0.3 is 0 Å². The van der Waals surface area contributed by atoms with Crippen molar-refractivity contribution in [2.45, 2.75) is 13.0 Å². The molecule has 1 fully saturated rings. The predicted molar refractivity (Wildman–Crippen MR) is 121 cm³/mol. The maximum absolute atomic E-state index is 12.4. The number of aliphatic imine (C=N–C) groups is 1. The molecule has 0 saturated carbocycles. The van der Waals surface area contributed by atoms with Crippen LogP contribution in [0.25, 0.3) is 6.08 Å². The van der Waals surface area contributed by atoms with Crippen LogP contribution in [-0.2, 0) is 17.8 Å². The van der Waals surface area contributed by atoms with Crippen molar-refractivity contribution in [1.82, 2.24) is 4.90 Å². The van der Waals surface area contributed by atoms with Crippen molar-refractivity contribution in [3.63, 3.8) is 0 Å². The third-order valence-corrected chi connectivity index (χ3v) is 5.97. The standard InChI is InChI=1S/C22H21BrN2O2S/c1-4-8-17-11-16(13-19-21(26)25(3)22(24-2)28-19)12-18(23)20(17)27-14-15-9-6-5-7-10-15/h4-7,9-13H,1,8,14H2,2-3H3/b19-13-,24-22?. The van der Waals surface area contributed by atoms with E-state index < -0.39 is 0 Å². The molecule has 4 nitrogen and oxygen atoms in total. The van der Waals surface area contributed by atoms with Gasteiger partial charge in [-0.2, -0.15) is 0 Å². The van der Waals surface area contributed by atoms with Gasteiger partial charge in [0.05, 0.1) is 9.38 Å². The molecule has 1 aliphatic heterocycles. The summed E-state index contributed by atoms with van der Waals surface area (Å²) in [5.41, 5.74) is 3.05. The van der Waals surface area contributed by atoms with Crippen LogP contribution < -0.4 is 4.74 Å². The van der Waals surface area contributed by atoms with Gasteiger partial charge in [0, 0.05) is 14.1 Å². The number of nitrogens with zero attached hydrogens (tertiary/aromatic N) is 2. The van der Waals surface area contributed by atoms with Gasteiger partial charge in [-0.15, -0.1) is 6.58 Å². The number of halogens is 1. The number of carbonyl (C=O) groups is 1. The van der Waals surface area contributed by atoms with Gasteiger partial charge < -0.3 is 4.74 Å². The lowest BCUT2D eigenvalue weighted by Gasteiger charge is -2.14. The highest BCUT2D eigenvalue weighted by atomic mass is 79.9. The molecule has 0 radical (unpaired) electrons. The van der Waals surface area contributed by atoms with Crippen LogP contribution >= 0.6 is 27.7 Å². The van der Waals surface area contributed by atoms with Crippen molar-refractivity contribution in [2.75, 3.05) is 14.1 Å². The van der Waals surface area contributed by atoms with E-state index in [0.29, 0.717) is 23.1 Å². The van der Waals surface area contributed by atoms with Crippen LogP contribution in [0.15, 0.2) is 69.5 Å². The minimum Gasteiger partial charge on any atom is -0.487 e. The fourth-order valence-corrected chi connectivity index (χ4v) is 4.42. The van der Waals surface area contributed by atoms with E-state index in [1.807, 2.05) is 54.6 Å². The van der Waals surface area contributed by atoms with Crippen molar-refractivity contribution in [3.8, 4) is 5.75 Å². The topological polar surface area (TPSA) is 41.9 Å². The Labute approximate surface area is 178 Å². The molecule has 0 N–H and O–H groups in total. The van der Waals surface area contributed by atoms with E-state index in [-0.39, 0.29) is 5.91 Å². The highest BCUT2D eigenvalue weighted by molar-refractivity contribution is 9.10. The number of thioether (sulfide) groups is 1. The summed E-state index contributed by atoms with van der Waals surface area (Å²) < 4.78 is 6.94. The first-order chi connectivity index (χ1) is 13.5. The van der Waals surface area contributed by atoms with Crippen molar-refractivity contribution < 1.29 is 9.53 Å². The summed E-state index contributed by atoms with van der Waals surface area (Å²) in [6, 6.07) is 14.0. The van der Waals surface area contributed by atoms with E-state index in [1.165, 1.54) is 11.8 Å². The largest absolute Gasteiger partial charge is 0.487 e. The zero-order valence-corrected chi connectivity index (χ0v) is 18.2. The summed E-state index contributed by atoms with van der Waals surface area (Å²) in [5.74, 6) is 0.751. The number of allylic oxidation sites excluding steroid dienone is 1.